The van der Waals surface area contributed by atoms with Crippen molar-refractivity contribution in [3.63, 3.8) is 0 Å². The largest absolute Gasteiger partial charge is 0.494 e. The quantitative estimate of drug-likeness (QED) is 0.0421. The van der Waals surface area contributed by atoms with Crippen molar-refractivity contribution >= 4 is 65.0 Å². The molecule has 3 amide bonds. The van der Waals surface area contributed by atoms with Crippen LogP contribution in [-0.4, -0.2) is 139 Å². The molecule has 3 saturated heterocycles. The van der Waals surface area contributed by atoms with E-state index >= 15 is 0 Å². The number of hydrogen-bond donors (Lipinski definition) is 3. The highest BCUT2D eigenvalue weighted by Crippen LogP contribution is 2.40. The lowest BCUT2D eigenvalue weighted by molar-refractivity contribution is -0.136. The zero-order valence-electron chi connectivity index (χ0n) is 40.7. The maximum absolute atomic E-state index is 13.2. The number of rotatable bonds is 18. The van der Waals surface area contributed by atoms with Crippen molar-refractivity contribution in [3.05, 3.63) is 83.0 Å². The number of fused-ring (bicyclic) bond motifs is 1. The summed E-state index contributed by atoms with van der Waals surface area (Å²) in [7, 11) is -1.02. The van der Waals surface area contributed by atoms with E-state index in [9.17, 15) is 23.7 Å². The number of benzene rings is 3. The first-order valence-electron chi connectivity index (χ1n) is 24.3. The van der Waals surface area contributed by atoms with Crippen molar-refractivity contribution < 1.29 is 38.0 Å². The van der Waals surface area contributed by atoms with E-state index < -0.39 is 25.1 Å². The third-order valence-electron chi connectivity index (χ3n) is 13.5. The van der Waals surface area contributed by atoms with Gasteiger partial charge in [-0.15, -0.1) is 0 Å². The van der Waals surface area contributed by atoms with Crippen LogP contribution in [0.1, 0.15) is 91.1 Å². The number of carbonyl (C=O) groups is 4. The summed E-state index contributed by atoms with van der Waals surface area (Å²) in [6.45, 7) is 17.0. The maximum Gasteiger partial charge on any atom is 0.343 e. The van der Waals surface area contributed by atoms with E-state index in [2.05, 4.69) is 54.7 Å². The number of nitrogens with zero attached hydrogens (tertiary/aromatic N) is 6. The topological polar surface area (TPSA) is 188 Å². The Kier molecular flexibility index (Phi) is 15.6. The third kappa shape index (κ3) is 11.5. The Bertz CT molecular complexity index is 2590. The van der Waals surface area contributed by atoms with E-state index in [1.54, 1.807) is 45.3 Å². The molecule has 0 aliphatic carbocycles. The first-order valence-corrected chi connectivity index (χ1v) is 26.9. The summed E-state index contributed by atoms with van der Waals surface area (Å²) in [6.07, 6.45) is 6.52. The summed E-state index contributed by atoms with van der Waals surface area (Å²) in [5.41, 5.74) is 5.14. The van der Waals surface area contributed by atoms with Gasteiger partial charge in [-0.05, 0) is 108 Å². The molecule has 18 heteroatoms. The summed E-state index contributed by atoms with van der Waals surface area (Å²) in [5, 5.41) is 9.61. The van der Waals surface area contributed by atoms with E-state index in [-0.39, 0.29) is 41.7 Å². The minimum absolute atomic E-state index is 0.156. The number of methoxy groups -OCH3 is 1. The van der Waals surface area contributed by atoms with Gasteiger partial charge in [-0.1, -0.05) is 25.1 Å². The van der Waals surface area contributed by atoms with Crippen LogP contribution < -0.4 is 35.6 Å². The lowest BCUT2D eigenvalue weighted by atomic mass is 9.99. The number of ether oxygens (including phenoxy) is 3. The van der Waals surface area contributed by atoms with Gasteiger partial charge in [-0.25, -0.2) is 9.78 Å². The highest BCUT2D eigenvalue weighted by Gasteiger charge is 2.40. The van der Waals surface area contributed by atoms with Crippen LogP contribution in [0, 0.1) is 0 Å². The van der Waals surface area contributed by atoms with E-state index in [0.717, 1.165) is 89.2 Å². The molecule has 3 aromatic carbocycles. The average Bonchev–Trinajstić information content (AvgIpc) is 3.67. The molecule has 4 aliphatic heterocycles. The molecule has 8 rings (SSSR count). The Hall–Kier alpha value is -6.03. The van der Waals surface area contributed by atoms with Crippen LogP contribution in [0.3, 0.4) is 0 Å². The molecule has 1 unspecified atom stereocenters. The number of hydrogen-bond acceptors (Lipinski definition) is 15. The molecule has 69 heavy (non-hydrogen) atoms. The standard InChI is InChI=1S/C51H66N9O8P/c1-7-34-29-40(54-51-52-31-37(50(64)68-33(2)3)47(56-51)53-39-14-8-9-16-45(39)69(5,6)65)44(66-4)30-42(34)59-22-19-35(20-23-59)58-26-24-57(25-27-58)21-10-11-28-67-43-15-12-13-36-38(43)32-60(49(36)63)41-17-18-46(61)55-48(41)62/h8-9,12-16,29-31,33,35,41H,7,10-11,17-28,32H2,1-6H3,(H,55,61,62)(H2,52,53,54,56). The first-order chi connectivity index (χ1) is 33.2. The van der Waals surface area contributed by atoms with Gasteiger partial charge in [0.2, 0.25) is 17.8 Å². The molecule has 0 radical (unpaired) electrons. The van der Waals surface area contributed by atoms with E-state index in [1.807, 2.05) is 36.4 Å². The second kappa shape index (κ2) is 21.7. The lowest BCUT2D eigenvalue weighted by Crippen LogP contribution is -2.53. The molecule has 368 valence electrons. The number of para-hydroxylation sites is 1. The highest BCUT2D eigenvalue weighted by molar-refractivity contribution is 7.70. The number of imide groups is 1. The number of piperidine rings is 2. The van der Waals surface area contributed by atoms with Crippen molar-refractivity contribution in [1.29, 1.82) is 0 Å². The normalized spacial score (nSPS) is 18.3. The van der Waals surface area contributed by atoms with Crippen molar-refractivity contribution in [1.82, 2.24) is 30.0 Å². The Morgan fingerprint density at radius 3 is 2.39 bits per heavy atom. The van der Waals surface area contributed by atoms with Gasteiger partial charge in [0.05, 0.1) is 37.7 Å². The van der Waals surface area contributed by atoms with Gasteiger partial charge in [0.1, 0.15) is 30.2 Å². The zero-order chi connectivity index (χ0) is 48.8. The van der Waals surface area contributed by atoms with Crippen LogP contribution in [0.5, 0.6) is 11.5 Å². The number of anilines is 5. The van der Waals surface area contributed by atoms with Crippen LogP contribution in [-0.2, 0) is 31.9 Å². The van der Waals surface area contributed by atoms with Crippen LogP contribution in [0.2, 0.25) is 0 Å². The lowest BCUT2D eigenvalue weighted by Gasteiger charge is -2.43. The van der Waals surface area contributed by atoms with Crippen molar-refractivity contribution in [2.75, 3.05) is 88.4 Å². The molecule has 0 spiro atoms. The van der Waals surface area contributed by atoms with E-state index in [0.29, 0.717) is 59.4 Å². The van der Waals surface area contributed by atoms with Crippen LogP contribution in [0.4, 0.5) is 28.8 Å². The van der Waals surface area contributed by atoms with Gasteiger partial charge in [0.25, 0.3) is 5.91 Å². The predicted molar refractivity (Wildman–Crippen MR) is 268 cm³/mol. The van der Waals surface area contributed by atoms with Crippen LogP contribution >= 0.6 is 7.14 Å². The molecule has 1 atom stereocenters. The van der Waals surface area contributed by atoms with Gasteiger partial charge in [0, 0.05) is 86.1 Å². The molecule has 4 aromatic rings. The second-order valence-corrected chi connectivity index (χ2v) is 22.1. The summed E-state index contributed by atoms with van der Waals surface area (Å²) >= 11 is 0. The Morgan fingerprint density at radius 1 is 0.913 bits per heavy atom. The molecule has 5 heterocycles. The number of nitrogens with one attached hydrogen (secondary N) is 3. The molecule has 0 bridgehead atoms. The molecule has 17 nitrogen and oxygen atoms in total. The van der Waals surface area contributed by atoms with Gasteiger partial charge in [-0.3, -0.25) is 24.6 Å². The fourth-order valence-corrected chi connectivity index (χ4v) is 11.0. The summed E-state index contributed by atoms with van der Waals surface area (Å²) in [5.74, 6) is 0.344. The Labute approximate surface area is 405 Å². The first kappa shape index (κ1) is 49.4. The van der Waals surface area contributed by atoms with Crippen molar-refractivity contribution in [2.24, 2.45) is 0 Å². The van der Waals surface area contributed by atoms with Crippen molar-refractivity contribution in [3.8, 4) is 11.5 Å². The van der Waals surface area contributed by atoms with Gasteiger partial charge >= 0.3 is 5.97 Å². The van der Waals surface area contributed by atoms with Crippen LogP contribution in [0.15, 0.2) is 60.8 Å². The number of aromatic nitrogens is 2. The Balaban J connectivity index is 0.820. The predicted octanol–water partition coefficient (Wildman–Crippen LogP) is 6.55. The summed E-state index contributed by atoms with van der Waals surface area (Å²) in [6, 6.07) is 16.9. The SMILES string of the molecule is CCc1cc(Nc2ncc(C(=O)OC(C)C)c(Nc3ccccc3P(C)(C)=O)n2)c(OC)cc1N1CCC(N2CCN(CCCCOc3cccc4c3CN(C3CCC(=O)NC3=O)C4=O)CC2)CC1. The molecule has 4 aliphatic rings. The fourth-order valence-electron chi connectivity index (χ4n) is 9.86. The number of carbonyl (C=O) groups excluding carboxylic acids is 4. The van der Waals surface area contributed by atoms with Crippen LogP contribution in [0.25, 0.3) is 0 Å². The average molecular weight is 964 g/mol. The number of aryl methyl sites for hydroxylation is 1. The molecule has 3 fully saturated rings. The van der Waals surface area contributed by atoms with Gasteiger partial charge in [0.15, 0.2) is 5.82 Å². The third-order valence-corrected chi connectivity index (χ3v) is 15.1. The van der Waals surface area contributed by atoms with Crippen molar-refractivity contribution in [2.45, 2.75) is 90.4 Å². The van der Waals surface area contributed by atoms with E-state index in [1.165, 1.54) is 11.8 Å². The smallest absolute Gasteiger partial charge is 0.343 e. The molecular formula is C51H66N9O8P. The number of piperazine rings is 1. The second-order valence-electron chi connectivity index (χ2n) is 18.9. The number of amides is 3. The monoisotopic (exact) mass is 963 g/mol. The van der Waals surface area contributed by atoms with E-state index in [4.69, 9.17) is 19.2 Å². The minimum atomic E-state index is -2.68. The van der Waals surface area contributed by atoms with Gasteiger partial charge in [-0.2, -0.15) is 4.98 Å². The fraction of sp³-hybridized carbons (Fsp3) is 0.490. The highest BCUT2D eigenvalue weighted by atomic mass is 31.2. The Morgan fingerprint density at radius 2 is 1.68 bits per heavy atom. The maximum atomic E-state index is 13.2. The minimum Gasteiger partial charge on any atom is -0.494 e. The molecule has 1 aromatic heterocycles. The number of esters is 1. The zero-order valence-corrected chi connectivity index (χ0v) is 41.6. The molecular weight excluding hydrogens is 898 g/mol. The number of unbranched alkanes of at least 4 members (excludes halogenated alkanes) is 1. The van der Waals surface area contributed by atoms with Gasteiger partial charge < -0.3 is 44.1 Å². The molecule has 0 saturated carbocycles. The summed E-state index contributed by atoms with van der Waals surface area (Å²) in [4.78, 5) is 69.1. The molecule has 3 N–H and O–H groups in total. The summed E-state index contributed by atoms with van der Waals surface area (Å²) < 4.78 is 30.9.